The van der Waals surface area contributed by atoms with Crippen LogP contribution in [0.2, 0.25) is 0 Å². The van der Waals surface area contributed by atoms with Crippen molar-refractivity contribution in [2.75, 3.05) is 26.2 Å². The Labute approximate surface area is 92.9 Å². The van der Waals surface area contributed by atoms with Gasteiger partial charge in [0, 0.05) is 39.4 Å². The van der Waals surface area contributed by atoms with Crippen molar-refractivity contribution in [2.45, 2.75) is 0 Å². The minimum atomic E-state index is -0.293. The van der Waals surface area contributed by atoms with Gasteiger partial charge < -0.3 is 14.8 Å². The molecule has 1 fully saturated rings. The van der Waals surface area contributed by atoms with Gasteiger partial charge in [-0.3, -0.25) is 9.59 Å². The summed E-state index contributed by atoms with van der Waals surface area (Å²) in [4.78, 5) is 29.3. The molecule has 0 bridgehead atoms. The van der Waals surface area contributed by atoms with Crippen molar-refractivity contribution in [1.29, 1.82) is 0 Å². The first-order valence-corrected chi connectivity index (χ1v) is 5.21. The lowest BCUT2D eigenvalue weighted by Gasteiger charge is -2.27. The Balaban J connectivity index is 2.26. The van der Waals surface area contributed by atoms with Gasteiger partial charge in [0.25, 0.3) is 11.5 Å². The van der Waals surface area contributed by atoms with Crippen molar-refractivity contribution in [3.05, 3.63) is 28.4 Å². The molecule has 1 aliphatic rings. The molecular formula is C10H14N4O2. The first-order valence-electron chi connectivity index (χ1n) is 5.21. The molecule has 6 nitrogen and oxygen atoms in total. The number of aryl methyl sites for hydroxylation is 1. The van der Waals surface area contributed by atoms with E-state index < -0.39 is 0 Å². The number of hydrogen-bond donors (Lipinski definition) is 1. The van der Waals surface area contributed by atoms with Crippen LogP contribution in [0.25, 0.3) is 0 Å². The van der Waals surface area contributed by atoms with Crippen LogP contribution >= 0.6 is 0 Å². The summed E-state index contributed by atoms with van der Waals surface area (Å²) in [7, 11) is 1.59. The quantitative estimate of drug-likeness (QED) is 0.650. The first-order chi connectivity index (χ1) is 7.70. The molecule has 1 aromatic heterocycles. The zero-order valence-corrected chi connectivity index (χ0v) is 9.14. The maximum atomic E-state index is 12.0. The molecule has 0 saturated carbocycles. The van der Waals surface area contributed by atoms with E-state index in [4.69, 9.17) is 0 Å². The van der Waals surface area contributed by atoms with Gasteiger partial charge in [-0.05, 0) is 0 Å². The number of nitrogens with one attached hydrogen (secondary N) is 1. The second-order valence-corrected chi connectivity index (χ2v) is 3.77. The van der Waals surface area contributed by atoms with Crippen molar-refractivity contribution in [2.24, 2.45) is 7.05 Å². The molecule has 86 valence electrons. The average molecular weight is 222 g/mol. The summed E-state index contributed by atoms with van der Waals surface area (Å²) in [5.41, 5.74) is -0.148. The van der Waals surface area contributed by atoms with Crippen LogP contribution in [0.3, 0.4) is 0 Å². The number of nitrogens with zero attached hydrogens (tertiary/aromatic N) is 3. The summed E-state index contributed by atoms with van der Waals surface area (Å²) < 4.78 is 1.31. The molecule has 1 saturated heterocycles. The van der Waals surface area contributed by atoms with E-state index in [1.807, 2.05) is 0 Å². The fourth-order valence-electron chi connectivity index (χ4n) is 1.69. The van der Waals surface area contributed by atoms with Crippen molar-refractivity contribution < 1.29 is 4.79 Å². The highest BCUT2D eigenvalue weighted by atomic mass is 16.2. The third-order valence-electron chi connectivity index (χ3n) is 2.63. The maximum absolute atomic E-state index is 12.0. The molecule has 0 atom stereocenters. The topological polar surface area (TPSA) is 67.2 Å². The highest BCUT2D eigenvalue weighted by Gasteiger charge is 2.20. The average Bonchev–Trinajstić information content (AvgIpc) is 2.33. The summed E-state index contributed by atoms with van der Waals surface area (Å²) in [5.74, 6) is -0.227. The van der Waals surface area contributed by atoms with Crippen LogP contribution in [0.1, 0.15) is 10.4 Å². The second kappa shape index (κ2) is 4.44. The van der Waals surface area contributed by atoms with Crippen molar-refractivity contribution in [3.8, 4) is 0 Å². The zero-order chi connectivity index (χ0) is 11.5. The smallest absolute Gasteiger partial charge is 0.265 e. The molecule has 0 spiro atoms. The van der Waals surface area contributed by atoms with E-state index in [0.29, 0.717) is 13.1 Å². The van der Waals surface area contributed by atoms with Crippen LogP contribution in [-0.2, 0) is 7.05 Å². The lowest BCUT2D eigenvalue weighted by molar-refractivity contribution is 0.0733. The summed E-state index contributed by atoms with van der Waals surface area (Å²) >= 11 is 0. The lowest BCUT2D eigenvalue weighted by Crippen LogP contribution is -2.47. The summed E-state index contributed by atoms with van der Waals surface area (Å²) in [5, 5.41) is 3.15. The van der Waals surface area contributed by atoms with Gasteiger partial charge >= 0.3 is 0 Å². The van der Waals surface area contributed by atoms with Crippen LogP contribution in [0.4, 0.5) is 0 Å². The molecule has 2 rings (SSSR count). The fourth-order valence-corrected chi connectivity index (χ4v) is 1.69. The zero-order valence-electron chi connectivity index (χ0n) is 9.14. The molecule has 0 radical (unpaired) electrons. The summed E-state index contributed by atoms with van der Waals surface area (Å²) in [6.07, 6.45) is 2.74. The third kappa shape index (κ3) is 1.96. The van der Waals surface area contributed by atoms with E-state index in [0.717, 1.165) is 13.1 Å². The number of piperazine rings is 1. The number of amides is 1. The number of carbonyl (C=O) groups excluding carboxylic acids is 1. The molecule has 1 N–H and O–H groups in total. The van der Waals surface area contributed by atoms with Crippen molar-refractivity contribution >= 4 is 5.91 Å². The fraction of sp³-hybridized carbons (Fsp3) is 0.500. The van der Waals surface area contributed by atoms with Gasteiger partial charge in [0.1, 0.15) is 5.56 Å². The Morgan fingerprint density at radius 3 is 2.81 bits per heavy atom. The van der Waals surface area contributed by atoms with Crippen LogP contribution in [0, 0.1) is 0 Å². The second-order valence-electron chi connectivity index (χ2n) is 3.77. The number of aromatic nitrogens is 2. The normalized spacial score (nSPS) is 16.2. The number of rotatable bonds is 1. The van der Waals surface area contributed by atoms with E-state index in [2.05, 4.69) is 10.3 Å². The van der Waals surface area contributed by atoms with E-state index in [9.17, 15) is 9.59 Å². The minimum absolute atomic E-state index is 0.145. The Kier molecular flexibility index (Phi) is 3.00. The maximum Gasteiger partial charge on any atom is 0.265 e. The van der Waals surface area contributed by atoms with Gasteiger partial charge in [0.2, 0.25) is 0 Å². The Hall–Kier alpha value is -1.69. The largest absolute Gasteiger partial charge is 0.336 e. The van der Waals surface area contributed by atoms with Gasteiger partial charge in [-0.15, -0.1) is 0 Å². The monoisotopic (exact) mass is 222 g/mol. The van der Waals surface area contributed by atoms with E-state index in [-0.39, 0.29) is 17.0 Å². The molecule has 16 heavy (non-hydrogen) atoms. The number of carbonyl (C=O) groups is 1. The third-order valence-corrected chi connectivity index (χ3v) is 2.63. The van der Waals surface area contributed by atoms with Crippen molar-refractivity contribution in [3.63, 3.8) is 0 Å². The summed E-state index contributed by atoms with van der Waals surface area (Å²) in [6.45, 7) is 2.81. The van der Waals surface area contributed by atoms with Crippen LogP contribution in [0.5, 0.6) is 0 Å². The van der Waals surface area contributed by atoms with E-state index in [1.54, 1.807) is 11.9 Å². The SMILES string of the molecule is Cn1cncc(C(=O)N2CCNCC2)c1=O. The van der Waals surface area contributed by atoms with Gasteiger partial charge in [-0.25, -0.2) is 4.98 Å². The highest BCUT2D eigenvalue weighted by Crippen LogP contribution is 2.00. The standard InChI is InChI=1S/C10H14N4O2/c1-13-7-12-6-8(9(13)15)10(16)14-4-2-11-3-5-14/h6-7,11H,2-5H2,1H3. The molecule has 1 aromatic rings. The van der Waals surface area contributed by atoms with Gasteiger partial charge in [0.05, 0.1) is 6.33 Å². The minimum Gasteiger partial charge on any atom is -0.336 e. The van der Waals surface area contributed by atoms with Crippen LogP contribution in [-0.4, -0.2) is 46.5 Å². The van der Waals surface area contributed by atoms with Gasteiger partial charge in [-0.1, -0.05) is 0 Å². The Bertz CT molecular complexity index is 448. The van der Waals surface area contributed by atoms with E-state index >= 15 is 0 Å². The molecule has 1 amide bonds. The Morgan fingerprint density at radius 2 is 2.12 bits per heavy atom. The van der Waals surface area contributed by atoms with Crippen molar-refractivity contribution in [1.82, 2.24) is 19.8 Å². The lowest BCUT2D eigenvalue weighted by atomic mass is 10.2. The molecule has 2 heterocycles. The van der Waals surface area contributed by atoms with Gasteiger partial charge in [0.15, 0.2) is 0 Å². The highest BCUT2D eigenvalue weighted by molar-refractivity contribution is 5.93. The predicted molar refractivity (Wildman–Crippen MR) is 58.3 cm³/mol. The molecule has 1 aliphatic heterocycles. The molecule has 0 unspecified atom stereocenters. The summed E-state index contributed by atoms with van der Waals surface area (Å²) in [6, 6.07) is 0. The van der Waals surface area contributed by atoms with Crippen LogP contribution < -0.4 is 10.9 Å². The van der Waals surface area contributed by atoms with Crippen LogP contribution in [0.15, 0.2) is 17.3 Å². The first kappa shape index (κ1) is 10.8. The molecule has 0 aromatic carbocycles. The molecule has 0 aliphatic carbocycles. The van der Waals surface area contributed by atoms with E-state index in [1.165, 1.54) is 17.1 Å². The molecule has 6 heteroatoms. The predicted octanol–water partition coefficient (Wildman–Crippen LogP) is -1.17. The van der Waals surface area contributed by atoms with Gasteiger partial charge in [-0.2, -0.15) is 0 Å². The molecular weight excluding hydrogens is 208 g/mol. The number of hydrogen-bond acceptors (Lipinski definition) is 4. The Morgan fingerprint density at radius 1 is 1.44 bits per heavy atom.